The fourth-order valence-electron chi connectivity index (χ4n) is 2.41. The summed E-state index contributed by atoms with van der Waals surface area (Å²) in [5.41, 5.74) is 0. The number of rotatable bonds is 3. The minimum Gasteiger partial charge on any atom is -0.341 e. The quantitative estimate of drug-likeness (QED) is 0.667. The highest BCUT2D eigenvalue weighted by Gasteiger charge is 2.25. The molecule has 1 fully saturated rings. The van der Waals surface area contributed by atoms with Crippen LogP contribution < -0.4 is 0 Å². The Kier molecular flexibility index (Phi) is 4.82. The molecule has 0 N–H and O–H groups in total. The molecule has 0 aromatic carbocycles. The zero-order valence-electron chi connectivity index (χ0n) is 10.6. The third-order valence-corrected chi connectivity index (χ3v) is 2.99. The number of nitrogens with zero attached hydrogens (tertiary/aromatic N) is 2. The van der Waals surface area contributed by atoms with Gasteiger partial charge in [-0.15, -0.1) is 6.42 Å². The normalized spacial score (nSPS) is 25.6. The number of piperidine rings is 1. The standard InChI is InChI=1S/C13H22N2O/c1-5-6-14(4)10-13(16)15-8-11(2)7-12(3)9-15/h1,11-12H,6-10H2,2-4H3/t11-,12-/m1/s1. The van der Waals surface area contributed by atoms with Crippen LogP contribution in [-0.2, 0) is 4.79 Å². The highest BCUT2D eigenvalue weighted by Crippen LogP contribution is 2.20. The van der Waals surface area contributed by atoms with Crippen LogP contribution in [0.15, 0.2) is 0 Å². The largest absolute Gasteiger partial charge is 0.341 e. The van der Waals surface area contributed by atoms with Crippen molar-refractivity contribution in [2.45, 2.75) is 20.3 Å². The smallest absolute Gasteiger partial charge is 0.236 e. The predicted molar refractivity (Wildman–Crippen MR) is 65.9 cm³/mol. The summed E-state index contributed by atoms with van der Waals surface area (Å²) in [6.07, 6.45) is 6.44. The summed E-state index contributed by atoms with van der Waals surface area (Å²) < 4.78 is 0. The SMILES string of the molecule is C#CCN(C)CC(=O)N1C[C@H](C)C[C@@H](C)C1. The van der Waals surface area contributed by atoms with Gasteiger partial charge in [-0.2, -0.15) is 0 Å². The first-order valence-corrected chi connectivity index (χ1v) is 5.92. The van der Waals surface area contributed by atoms with Crippen molar-refractivity contribution < 1.29 is 4.79 Å². The molecule has 2 atom stereocenters. The number of likely N-dealkylation sites (tertiary alicyclic amines) is 1. The predicted octanol–water partition coefficient (Wildman–Crippen LogP) is 1.06. The Labute approximate surface area is 98.8 Å². The van der Waals surface area contributed by atoms with E-state index in [1.807, 2.05) is 16.8 Å². The molecule has 16 heavy (non-hydrogen) atoms. The van der Waals surface area contributed by atoms with Crippen molar-refractivity contribution in [1.29, 1.82) is 0 Å². The summed E-state index contributed by atoms with van der Waals surface area (Å²) in [6, 6.07) is 0. The third-order valence-electron chi connectivity index (χ3n) is 2.99. The average molecular weight is 222 g/mol. The molecule has 1 heterocycles. The second kappa shape index (κ2) is 5.91. The Morgan fingerprint density at radius 1 is 1.44 bits per heavy atom. The van der Waals surface area contributed by atoms with Crippen LogP contribution in [0.2, 0.25) is 0 Å². The van der Waals surface area contributed by atoms with Gasteiger partial charge in [-0.25, -0.2) is 0 Å². The van der Waals surface area contributed by atoms with Crippen molar-refractivity contribution in [1.82, 2.24) is 9.80 Å². The zero-order valence-corrected chi connectivity index (χ0v) is 10.6. The number of hydrogen-bond donors (Lipinski definition) is 0. The van der Waals surface area contributed by atoms with Gasteiger partial charge in [0.1, 0.15) is 0 Å². The molecule has 1 aliphatic rings. The van der Waals surface area contributed by atoms with Crippen LogP contribution in [-0.4, -0.2) is 48.9 Å². The lowest BCUT2D eigenvalue weighted by Crippen LogP contribution is -2.46. The van der Waals surface area contributed by atoms with Crippen molar-refractivity contribution >= 4 is 5.91 Å². The van der Waals surface area contributed by atoms with Crippen LogP contribution in [0.3, 0.4) is 0 Å². The van der Waals surface area contributed by atoms with Crippen molar-refractivity contribution in [3.8, 4) is 12.3 Å². The van der Waals surface area contributed by atoms with Gasteiger partial charge in [0, 0.05) is 13.1 Å². The maximum atomic E-state index is 12.0. The lowest BCUT2D eigenvalue weighted by molar-refractivity contribution is -0.134. The summed E-state index contributed by atoms with van der Waals surface area (Å²) in [6.45, 7) is 7.18. The highest BCUT2D eigenvalue weighted by atomic mass is 16.2. The maximum absolute atomic E-state index is 12.0. The minimum absolute atomic E-state index is 0.205. The van der Waals surface area contributed by atoms with Crippen LogP contribution in [0.4, 0.5) is 0 Å². The molecule has 1 saturated heterocycles. The number of carbonyl (C=O) groups excluding carboxylic acids is 1. The monoisotopic (exact) mass is 222 g/mol. The third kappa shape index (κ3) is 3.86. The summed E-state index contributed by atoms with van der Waals surface area (Å²) in [4.78, 5) is 15.8. The second-order valence-corrected chi connectivity index (χ2v) is 5.12. The van der Waals surface area contributed by atoms with Gasteiger partial charge in [0.15, 0.2) is 0 Å². The Morgan fingerprint density at radius 2 is 2.00 bits per heavy atom. The molecule has 90 valence electrons. The molecule has 1 rings (SSSR count). The molecule has 3 heteroatoms. The van der Waals surface area contributed by atoms with Gasteiger partial charge in [0.05, 0.1) is 13.1 Å². The van der Waals surface area contributed by atoms with E-state index in [1.54, 1.807) is 0 Å². The number of terminal acetylenes is 1. The Bertz CT molecular complexity index is 272. The summed E-state index contributed by atoms with van der Waals surface area (Å²) in [5, 5.41) is 0. The first kappa shape index (κ1) is 13.1. The molecule has 1 amide bonds. The van der Waals surface area contributed by atoms with Crippen molar-refractivity contribution in [2.75, 3.05) is 33.2 Å². The Morgan fingerprint density at radius 3 is 2.50 bits per heavy atom. The van der Waals surface area contributed by atoms with E-state index in [2.05, 4.69) is 19.8 Å². The first-order chi connectivity index (χ1) is 7.52. The molecular weight excluding hydrogens is 200 g/mol. The number of likely N-dealkylation sites (N-methyl/N-ethyl adjacent to an activating group) is 1. The average Bonchev–Trinajstić information content (AvgIpc) is 2.16. The van der Waals surface area contributed by atoms with Crippen LogP contribution in [0.25, 0.3) is 0 Å². The molecule has 0 aliphatic carbocycles. The summed E-state index contributed by atoms with van der Waals surface area (Å²) in [7, 11) is 1.88. The lowest BCUT2D eigenvalue weighted by Gasteiger charge is -2.35. The maximum Gasteiger partial charge on any atom is 0.236 e. The first-order valence-electron chi connectivity index (χ1n) is 5.92. The van der Waals surface area contributed by atoms with E-state index >= 15 is 0 Å². The molecule has 1 aliphatic heterocycles. The molecule has 3 nitrogen and oxygen atoms in total. The lowest BCUT2D eigenvalue weighted by atomic mass is 9.92. The van der Waals surface area contributed by atoms with Gasteiger partial charge in [0.2, 0.25) is 5.91 Å². The van der Waals surface area contributed by atoms with Crippen molar-refractivity contribution in [2.24, 2.45) is 11.8 Å². The molecule has 0 saturated carbocycles. The Balaban J connectivity index is 2.44. The van der Waals surface area contributed by atoms with Gasteiger partial charge in [0.25, 0.3) is 0 Å². The van der Waals surface area contributed by atoms with Gasteiger partial charge in [-0.05, 0) is 25.3 Å². The van der Waals surface area contributed by atoms with E-state index in [1.165, 1.54) is 6.42 Å². The van der Waals surface area contributed by atoms with E-state index in [0.717, 1.165) is 13.1 Å². The van der Waals surface area contributed by atoms with Gasteiger partial charge < -0.3 is 4.90 Å². The number of hydrogen-bond acceptors (Lipinski definition) is 2. The molecular formula is C13H22N2O. The minimum atomic E-state index is 0.205. The van der Waals surface area contributed by atoms with Crippen molar-refractivity contribution in [3.05, 3.63) is 0 Å². The fourth-order valence-corrected chi connectivity index (χ4v) is 2.41. The van der Waals surface area contributed by atoms with Crippen LogP contribution in [0.1, 0.15) is 20.3 Å². The van der Waals surface area contributed by atoms with Crippen LogP contribution in [0.5, 0.6) is 0 Å². The van der Waals surface area contributed by atoms with Gasteiger partial charge in [-0.1, -0.05) is 19.8 Å². The molecule has 0 aromatic heterocycles. The van der Waals surface area contributed by atoms with Crippen molar-refractivity contribution in [3.63, 3.8) is 0 Å². The molecule has 0 spiro atoms. The molecule has 0 bridgehead atoms. The molecule has 0 unspecified atom stereocenters. The van der Waals surface area contributed by atoms with Crippen LogP contribution >= 0.6 is 0 Å². The second-order valence-electron chi connectivity index (χ2n) is 5.12. The summed E-state index contributed by atoms with van der Waals surface area (Å²) in [5.74, 6) is 3.99. The van der Waals surface area contributed by atoms with Gasteiger partial charge in [-0.3, -0.25) is 9.69 Å². The van der Waals surface area contributed by atoms with E-state index in [4.69, 9.17) is 6.42 Å². The fraction of sp³-hybridized carbons (Fsp3) is 0.769. The van der Waals surface area contributed by atoms with E-state index in [-0.39, 0.29) is 5.91 Å². The number of carbonyl (C=O) groups is 1. The van der Waals surface area contributed by atoms with E-state index in [9.17, 15) is 4.79 Å². The van der Waals surface area contributed by atoms with Gasteiger partial charge >= 0.3 is 0 Å². The molecule has 0 aromatic rings. The van der Waals surface area contributed by atoms with E-state index < -0.39 is 0 Å². The zero-order chi connectivity index (χ0) is 12.1. The highest BCUT2D eigenvalue weighted by molar-refractivity contribution is 5.78. The van der Waals surface area contributed by atoms with Crippen LogP contribution in [0, 0.1) is 24.2 Å². The van der Waals surface area contributed by atoms with E-state index in [0.29, 0.717) is 24.9 Å². The summed E-state index contributed by atoms with van der Waals surface area (Å²) >= 11 is 0. The number of amides is 1. The topological polar surface area (TPSA) is 23.6 Å². The Hall–Kier alpha value is -1.01. The molecule has 0 radical (unpaired) electrons.